The van der Waals surface area contributed by atoms with Crippen molar-refractivity contribution >= 4 is 10.9 Å². The molecule has 4 aromatic rings. The second-order valence-electron chi connectivity index (χ2n) is 6.70. The zero-order chi connectivity index (χ0) is 23.5. The SMILES string of the molecule is COc1cc(-c2nc(-n3cnnc3)c3cc(OC)c(OC)c(OC)c3n2)cc(OC)c1OC. The first kappa shape index (κ1) is 21.9. The zero-order valence-electron chi connectivity index (χ0n) is 19.1. The number of aromatic nitrogens is 5. The van der Waals surface area contributed by atoms with Gasteiger partial charge < -0.3 is 28.4 Å². The highest BCUT2D eigenvalue weighted by Gasteiger charge is 2.23. The van der Waals surface area contributed by atoms with E-state index in [0.29, 0.717) is 62.6 Å². The molecule has 0 N–H and O–H groups in total. The molecule has 11 nitrogen and oxygen atoms in total. The maximum Gasteiger partial charge on any atom is 0.205 e. The van der Waals surface area contributed by atoms with Crippen LogP contribution in [0.1, 0.15) is 0 Å². The van der Waals surface area contributed by atoms with Crippen molar-refractivity contribution in [1.29, 1.82) is 0 Å². The van der Waals surface area contributed by atoms with E-state index >= 15 is 0 Å². The normalized spacial score (nSPS) is 10.7. The lowest BCUT2D eigenvalue weighted by Gasteiger charge is -2.17. The topological polar surface area (TPSA) is 112 Å². The summed E-state index contributed by atoms with van der Waals surface area (Å²) in [6.07, 6.45) is 3.09. The van der Waals surface area contributed by atoms with Gasteiger partial charge in [0.25, 0.3) is 0 Å². The Kier molecular flexibility index (Phi) is 6.03. The molecule has 0 aliphatic heterocycles. The zero-order valence-corrected chi connectivity index (χ0v) is 19.1. The monoisotopic (exact) mass is 453 g/mol. The standard InChI is InChI=1S/C22H23N5O6/c1-28-14-7-12(8-15(29-2)18(14)31-4)21-25-17-13(22(26-21)27-10-23-24-11-27)9-16(30-3)19(32-5)20(17)33-6/h7-11H,1-6H3. The quantitative estimate of drug-likeness (QED) is 0.395. The summed E-state index contributed by atoms with van der Waals surface area (Å²) in [5, 5.41) is 8.48. The number of ether oxygens (including phenoxy) is 6. The van der Waals surface area contributed by atoms with E-state index in [1.165, 1.54) is 14.2 Å². The summed E-state index contributed by atoms with van der Waals surface area (Å²) < 4.78 is 34.8. The Hall–Kier alpha value is -4.28. The van der Waals surface area contributed by atoms with Crippen LogP contribution >= 0.6 is 0 Å². The van der Waals surface area contributed by atoms with Gasteiger partial charge in [0.1, 0.15) is 18.2 Å². The second kappa shape index (κ2) is 9.07. The molecule has 172 valence electrons. The summed E-state index contributed by atoms with van der Waals surface area (Å²) in [6.45, 7) is 0. The molecule has 0 saturated carbocycles. The van der Waals surface area contributed by atoms with Crippen molar-refractivity contribution in [2.24, 2.45) is 0 Å². The number of hydrogen-bond donors (Lipinski definition) is 0. The van der Waals surface area contributed by atoms with Gasteiger partial charge in [0.15, 0.2) is 34.6 Å². The van der Waals surface area contributed by atoms with Gasteiger partial charge in [-0.05, 0) is 18.2 Å². The maximum absolute atomic E-state index is 5.68. The molecule has 11 heteroatoms. The number of fused-ring (bicyclic) bond motifs is 1. The molecule has 2 heterocycles. The molecule has 2 aromatic carbocycles. The Bertz CT molecular complexity index is 1270. The van der Waals surface area contributed by atoms with Crippen molar-refractivity contribution in [3.8, 4) is 51.7 Å². The van der Waals surface area contributed by atoms with Gasteiger partial charge in [0.2, 0.25) is 11.5 Å². The molecule has 2 aromatic heterocycles. The first-order chi connectivity index (χ1) is 16.1. The fourth-order valence-electron chi connectivity index (χ4n) is 3.56. The van der Waals surface area contributed by atoms with Crippen molar-refractivity contribution in [3.05, 3.63) is 30.9 Å². The number of benzene rings is 2. The van der Waals surface area contributed by atoms with Crippen LogP contribution in [-0.2, 0) is 0 Å². The molecular weight excluding hydrogens is 430 g/mol. The number of methoxy groups -OCH3 is 6. The number of rotatable bonds is 8. The molecule has 0 radical (unpaired) electrons. The summed E-state index contributed by atoms with van der Waals surface area (Å²) in [5.41, 5.74) is 1.15. The highest BCUT2D eigenvalue weighted by molar-refractivity contribution is 5.95. The van der Waals surface area contributed by atoms with E-state index in [9.17, 15) is 0 Å². The van der Waals surface area contributed by atoms with Gasteiger partial charge in [-0.1, -0.05) is 0 Å². The average molecular weight is 453 g/mol. The van der Waals surface area contributed by atoms with Crippen LogP contribution < -0.4 is 28.4 Å². The van der Waals surface area contributed by atoms with Gasteiger partial charge in [-0.2, -0.15) is 0 Å². The van der Waals surface area contributed by atoms with Crippen LogP contribution in [-0.4, -0.2) is 67.4 Å². The van der Waals surface area contributed by atoms with Crippen molar-refractivity contribution in [2.45, 2.75) is 0 Å². The number of hydrogen-bond acceptors (Lipinski definition) is 10. The predicted molar refractivity (Wildman–Crippen MR) is 119 cm³/mol. The largest absolute Gasteiger partial charge is 0.493 e. The van der Waals surface area contributed by atoms with Gasteiger partial charge in [-0.25, -0.2) is 9.97 Å². The highest BCUT2D eigenvalue weighted by Crippen LogP contribution is 2.45. The Labute approximate surface area is 189 Å². The smallest absolute Gasteiger partial charge is 0.205 e. The minimum atomic E-state index is 0.385. The Morgan fingerprint density at radius 2 is 1.15 bits per heavy atom. The van der Waals surface area contributed by atoms with Crippen LogP contribution in [0.2, 0.25) is 0 Å². The van der Waals surface area contributed by atoms with E-state index in [-0.39, 0.29) is 0 Å². The van der Waals surface area contributed by atoms with Crippen molar-refractivity contribution in [1.82, 2.24) is 24.7 Å². The molecule has 0 aliphatic rings. The Balaban J connectivity index is 2.09. The van der Waals surface area contributed by atoms with Gasteiger partial charge in [0, 0.05) is 5.56 Å². The molecule has 0 fully saturated rings. The molecule has 0 bridgehead atoms. The molecule has 0 saturated heterocycles. The van der Waals surface area contributed by atoms with Crippen LogP contribution in [0.15, 0.2) is 30.9 Å². The van der Waals surface area contributed by atoms with Crippen LogP contribution in [0.25, 0.3) is 28.1 Å². The van der Waals surface area contributed by atoms with Crippen molar-refractivity contribution in [3.63, 3.8) is 0 Å². The predicted octanol–water partition coefficient (Wildman–Crippen LogP) is 2.93. The summed E-state index contributed by atoms with van der Waals surface area (Å²) in [6, 6.07) is 5.32. The summed E-state index contributed by atoms with van der Waals surface area (Å²) in [4.78, 5) is 9.59. The minimum absolute atomic E-state index is 0.385. The lowest BCUT2D eigenvalue weighted by atomic mass is 10.1. The first-order valence-electron chi connectivity index (χ1n) is 9.76. The first-order valence-corrected chi connectivity index (χ1v) is 9.76. The van der Waals surface area contributed by atoms with E-state index in [2.05, 4.69) is 10.2 Å². The number of nitrogens with zero attached hydrogens (tertiary/aromatic N) is 5. The third kappa shape index (κ3) is 3.67. The molecule has 0 atom stereocenters. The maximum atomic E-state index is 5.68. The van der Waals surface area contributed by atoms with E-state index in [0.717, 1.165) is 0 Å². The molecule has 0 spiro atoms. The van der Waals surface area contributed by atoms with E-state index in [4.69, 9.17) is 38.4 Å². The van der Waals surface area contributed by atoms with Crippen LogP contribution in [0.4, 0.5) is 0 Å². The van der Waals surface area contributed by atoms with E-state index < -0.39 is 0 Å². The molecular formula is C22H23N5O6. The summed E-state index contributed by atoms with van der Waals surface area (Å²) in [5.74, 6) is 3.60. The lowest BCUT2D eigenvalue weighted by molar-refractivity contribution is 0.324. The van der Waals surface area contributed by atoms with Crippen LogP contribution in [0.3, 0.4) is 0 Å². The molecule has 0 unspecified atom stereocenters. The van der Waals surface area contributed by atoms with Gasteiger partial charge >= 0.3 is 0 Å². The fourth-order valence-corrected chi connectivity index (χ4v) is 3.56. The van der Waals surface area contributed by atoms with Gasteiger partial charge in [-0.15, -0.1) is 10.2 Å². The summed E-state index contributed by atoms with van der Waals surface area (Å²) >= 11 is 0. The average Bonchev–Trinajstić information content (AvgIpc) is 3.40. The second-order valence-corrected chi connectivity index (χ2v) is 6.70. The third-order valence-corrected chi connectivity index (χ3v) is 5.06. The van der Waals surface area contributed by atoms with Crippen LogP contribution in [0, 0.1) is 0 Å². The summed E-state index contributed by atoms with van der Waals surface area (Å²) in [7, 11) is 9.26. The van der Waals surface area contributed by atoms with Crippen molar-refractivity contribution < 1.29 is 28.4 Å². The molecule has 4 rings (SSSR count). The van der Waals surface area contributed by atoms with E-state index in [1.54, 1.807) is 63.9 Å². The Morgan fingerprint density at radius 3 is 1.67 bits per heavy atom. The van der Waals surface area contributed by atoms with Crippen LogP contribution in [0.5, 0.6) is 34.5 Å². The highest BCUT2D eigenvalue weighted by atomic mass is 16.5. The van der Waals surface area contributed by atoms with Gasteiger partial charge in [0.05, 0.1) is 48.0 Å². The minimum Gasteiger partial charge on any atom is -0.493 e. The molecule has 0 aliphatic carbocycles. The van der Waals surface area contributed by atoms with Crippen molar-refractivity contribution in [2.75, 3.05) is 42.7 Å². The fraction of sp³-hybridized carbons (Fsp3) is 0.273. The van der Waals surface area contributed by atoms with Gasteiger partial charge in [-0.3, -0.25) is 4.57 Å². The molecule has 0 amide bonds. The molecule has 33 heavy (non-hydrogen) atoms. The third-order valence-electron chi connectivity index (χ3n) is 5.06. The Morgan fingerprint density at radius 1 is 0.606 bits per heavy atom. The lowest BCUT2D eigenvalue weighted by Crippen LogP contribution is -2.04. The van der Waals surface area contributed by atoms with E-state index in [1.807, 2.05) is 0 Å².